The summed E-state index contributed by atoms with van der Waals surface area (Å²) in [6.45, 7) is 1.93. The van der Waals surface area contributed by atoms with Crippen molar-refractivity contribution in [3.63, 3.8) is 0 Å². The lowest BCUT2D eigenvalue weighted by molar-refractivity contribution is -0.120. The minimum absolute atomic E-state index is 0. The molecule has 6 heteroatoms. The fourth-order valence-electron chi connectivity index (χ4n) is 2.16. The predicted molar refractivity (Wildman–Crippen MR) is 88.3 cm³/mol. The van der Waals surface area contributed by atoms with Gasteiger partial charge in [-0.3, -0.25) is 4.79 Å². The minimum Gasteiger partial charge on any atom is -0.351 e. The molecule has 1 aromatic heterocycles. The van der Waals surface area contributed by atoms with E-state index in [1.54, 1.807) is 6.20 Å². The first kappa shape index (κ1) is 16.5. The topological polar surface area (TPSA) is 59.0 Å². The van der Waals surface area contributed by atoms with Crippen LogP contribution in [-0.4, -0.2) is 28.8 Å². The molecule has 1 aliphatic rings. The molecular formula is C16H21ClN4O. The van der Waals surface area contributed by atoms with Gasteiger partial charge in [-0.2, -0.15) is 5.10 Å². The number of nitrogens with one attached hydrogen (secondary N) is 2. The van der Waals surface area contributed by atoms with E-state index in [0.29, 0.717) is 13.1 Å². The van der Waals surface area contributed by atoms with E-state index in [1.165, 1.54) is 12.8 Å². The average molecular weight is 321 g/mol. The van der Waals surface area contributed by atoms with Crippen LogP contribution < -0.4 is 10.6 Å². The molecule has 3 rings (SSSR count). The molecule has 2 aromatic rings. The molecule has 1 amide bonds. The number of benzene rings is 1. The Morgan fingerprint density at radius 2 is 2.05 bits per heavy atom. The highest BCUT2D eigenvalue weighted by Gasteiger charge is 2.20. The van der Waals surface area contributed by atoms with Gasteiger partial charge in [0.25, 0.3) is 0 Å². The highest BCUT2D eigenvalue weighted by molar-refractivity contribution is 5.85. The fourth-order valence-corrected chi connectivity index (χ4v) is 2.16. The summed E-state index contributed by atoms with van der Waals surface area (Å²) in [6, 6.07) is 9.91. The molecule has 1 fully saturated rings. The maximum atomic E-state index is 11.7. The molecule has 1 heterocycles. The van der Waals surface area contributed by atoms with Crippen LogP contribution in [0.4, 0.5) is 0 Å². The van der Waals surface area contributed by atoms with Crippen LogP contribution in [0, 0.1) is 5.92 Å². The van der Waals surface area contributed by atoms with Gasteiger partial charge in [0, 0.05) is 18.9 Å². The van der Waals surface area contributed by atoms with Crippen molar-refractivity contribution >= 4 is 18.3 Å². The van der Waals surface area contributed by atoms with Crippen molar-refractivity contribution in [3.05, 3.63) is 48.3 Å². The van der Waals surface area contributed by atoms with E-state index in [2.05, 4.69) is 15.7 Å². The summed E-state index contributed by atoms with van der Waals surface area (Å²) in [4.78, 5) is 11.7. The number of carbonyl (C=O) groups excluding carboxylic acids is 1. The summed E-state index contributed by atoms with van der Waals surface area (Å²) in [5.41, 5.74) is 2.10. The molecule has 0 unspecified atom stereocenters. The summed E-state index contributed by atoms with van der Waals surface area (Å²) in [5, 5.41) is 10.3. The summed E-state index contributed by atoms with van der Waals surface area (Å²) < 4.78 is 1.81. The number of amides is 1. The summed E-state index contributed by atoms with van der Waals surface area (Å²) in [5.74, 6) is 0.847. The molecule has 0 radical (unpaired) electrons. The van der Waals surface area contributed by atoms with E-state index in [-0.39, 0.29) is 18.3 Å². The second kappa shape index (κ2) is 7.96. The lowest BCUT2D eigenvalue weighted by Crippen LogP contribution is -2.34. The summed E-state index contributed by atoms with van der Waals surface area (Å²) in [6.07, 6.45) is 6.26. The molecular weight excluding hydrogens is 300 g/mol. The number of hydrogen-bond donors (Lipinski definition) is 2. The maximum absolute atomic E-state index is 11.7. The zero-order valence-electron chi connectivity index (χ0n) is 12.4. The van der Waals surface area contributed by atoms with Crippen LogP contribution in [-0.2, 0) is 11.3 Å². The first-order valence-electron chi connectivity index (χ1n) is 7.37. The van der Waals surface area contributed by atoms with Gasteiger partial charge in [0.05, 0.1) is 12.2 Å². The Morgan fingerprint density at radius 3 is 2.68 bits per heavy atom. The van der Waals surface area contributed by atoms with Gasteiger partial charge in [-0.1, -0.05) is 12.1 Å². The number of rotatable bonds is 7. The number of aromatic nitrogens is 2. The Bertz CT molecular complexity index is 579. The van der Waals surface area contributed by atoms with E-state index in [9.17, 15) is 4.79 Å². The van der Waals surface area contributed by atoms with E-state index < -0.39 is 0 Å². The van der Waals surface area contributed by atoms with Crippen LogP contribution in [0.3, 0.4) is 0 Å². The molecule has 1 saturated carbocycles. The first-order valence-corrected chi connectivity index (χ1v) is 7.37. The second-order valence-corrected chi connectivity index (χ2v) is 5.47. The van der Waals surface area contributed by atoms with Crippen molar-refractivity contribution in [2.75, 3.05) is 13.1 Å². The highest BCUT2D eigenvalue weighted by atomic mass is 35.5. The molecule has 0 saturated heterocycles. The zero-order valence-corrected chi connectivity index (χ0v) is 13.2. The van der Waals surface area contributed by atoms with Crippen molar-refractivity contribution in [1.29, 1.82) is 0 Å². The molecule has 1 aliphatic carbocycles. The minimum atomic E-state index is 0. The zero-order chi connectivity index (χ0) is 14.5. The quantitative estimate of drug-likeness (QED) is 0.819. The number of nitrogens with zero attached hydrogens (tertiary/aromatic N) is 2. The Labute approximate surface area is 136 Å². The van der Waals surface area contributed by atoms with Crippen LogP contribution in [0.15, 0.2) is 42.7 Å². The third-order valence-corrected chi connectivity index (χ3v) is 3.61. The third kappa shape index (κ3) is 4.86. The van der Waals surface area contributed by atoms with Gasteiger partial charge < -0.3 is 10.6 Å². The Kier molecular flexibility index (Phi) is 5.98. The Morgan fingerprint density at radius 1 is 1.27 bits per heavy atom. The van der Waals surface area contributed by atoms with Crippen LogP contribution in [0.25, 0.3) is 5.69 Å². The predicted octanol–water partition coefficient (Wildman–Crippen LogP) is 1.91. The molecule has 2 N–H and O–H groups in total. The Hall–Kier alpha value is -1.85. The molecule has 22 heavy (non-hydrogen) atoms. The monoisotopic (exact) mass is 320 g/mol. The average Bonchev–Trinajstić information content (AvgIpc) is 3.16. The van der Waals surface area contributed by atoms with Crippen LogP contribution >= 0.6 is 12.4 Å². The lowest BCUT2D eigenvalue weighted by Gasteiger charge is -2.07. The van der Waals surface area contributed by atoms with E-state index in [0.717, 1.165) is 23.7 Å². The first-order chi connectivity index (χ1) is 10.3. The molecule has 118 valence electrons. The van der Waals surface area contributed by atoms with E-state index >= 15 is 0 Å². The second-order valence-electron chi connectivity index (χ2n) is 5.47. The number of carbonyl (C=O) groups is 1. The van der Waals surface area contributed by atoms with Gasteiger partial charge in [-0.05, 0) is 49.1 Å². The van der Waals surface area contributed by atoms with Gasteiger partial charge in [0.15, 0.2) is 0 Å². The fraction of sp³-hybridized carbons (Fsp3) is 0.375. The van der Waals surface area contributed by atoms with Gasteiger partial charge in [0.1, 0.15) is 0 Å². The van der Waals surface area contributed by atoms with Crippen molar-refractivity contribution in [3.8, 4) is 5.69 Å². The van der Waals surface area contributed by atoms with E-state index in [4.69, 9.17) is 0 Å². The van der Waals surface area contributed by atoms with Gasteiger partial charge in [-0.15, -0.1) is 12.4 Å². The third-order valence-electron chi connectivity index (χ3n) is 3.61. The summed E-state index contributed by atoms with van der Waals surface area (Å²) in [7, 11) is 0. The van der Waals surface area contributed by atoms with Crippen LogP contribution in [0.5, 0.6) is 0 Å². The normalized spacial score (nSPS) is 13.5. The summed E-state index contributed by atoms with van der Waals surface area (Å²) >= 11 is 0. The van der Waals surface area contributed by atoms with Crippen molar-refractivity contribution in [2.45, 2.75) is 19.4 Å². The van der Waals surface area contributed by atoms with Gasteiger partial charge >= 0.3 is 0 Å². The molecule has 1 aromatic carbocycles. The van der Waals surface area contributed by atoms with E-state index in [1.807, 2.05) is 41.2 Å². The van der Waals surface area contributed by atoms with Crippen molar-refractivity contribution in [1.82, 2.24) is 20.4 Å². The smallest absolute Gasteiger partial charge is 0.234 e. The SMILES string of the molecule is Cl.O=C(CNCC1CC1)NCc1ccc(-n2cccn2)cc1. The Balaban J connectivity index is 0.00000176. The van der Waals surface area contributed by atoms with Gasteiger partial charge in [0.2, 0.25) is 5.91 Å². The molecule has 5 nitrogen and oxygen atoms in total. The maximum Gasteiger partial charge on any atom is 0.234 e. The standard InChI is InChI=1S/C16H20N4O.ClH/c21-16(12-17-10-13-2-3-13)18-11-14-4-6-15(7-5-14)20-9-1-8-19-20;/h1,4-9,13,17H,2-3,10-12H2,(H,18,21);1H. The molecule has 0 aliphatic heterocycles. The van der Waals surface area contributed by atoms with Crippen LogP contribution in [0.2, 0.25) is 0 Å². The molecule has 0 spiro atoms. The number of hydrogen-bond acceptors (Lipinski definition) is 3. The van der Waals surface area contributed by atoms with Crippen molar-refractivity contribution < 1.29 is 4.79 Å². The largest absolute Gasteiger partial charge is 0.351 e. The lowest BCUT2D eigenvalue weighted by atomic mass is 10.2. The van der Waals surface area contributed by atoms with Crippen molar-refractivity contribution in [2.24, 2.45) is 5.92 Å². The molecule has 0 atom stereocenters. The van der Waals surface area contributed by atoms with Crippen LogP contribution in [0.1, 0.15) is 18.4 Å². The van der Waals surface area contributed by atoms with Gasteiger partial charge in [-0.25, -0.2) is 4.68 Å². The number of halogens is 1. The molecule has 0 bridgehead atoms. The highest BCUT2D eigenvalue weighted by Crippen LogP contribution is 2.27.